The third-order valence-electron chi connectivity index (χ3n) is 2.69. The summed E-state index contributed by atoms with van der Waals surface area (Å²) in [6, 6.07) is 0. The van der Waals surface area contributed by atoms with E-state index in [0.29, 0.717) is 5.16 Å². The molecular formula is C10H10F2N2O2S. The lowest BCUT2D eigenvalue weighted by molar-refractivity contribution is -0.0879. The molecule has 2 rings (SSSR count). The van der Waals surface area contributed by atoms with Gasteiger partial charge in [0.1, 0.15) is 0 Å². The molecule has 0 aliphatic heterocycles. The fraction of sp³-hybridized carbons (Fsp3) is 0.500. The molecule has 1 aromatic heterocycles. The summed E-state index contributed by atoms with van der Waals surface area (Å²) >= 11 is 1.25. The number of halogens is 2. The van der Waals surface area contributed by atoms with E-state index in [-0.39, 0.29) is 24.1 Å². The van der Waals surface area contributed by atoms with Gasteiger partial charge in [-0.15, -0.1) is 0 Å². The zero-order valence-electron chi connectivity index (χ0n) is 8.98. The Labute approximate surface area is 100 Å². The Kier molecular flexibility index (Phi) is 3.03. The van der Waals surface area contributed by atoms with Crippen LogP contribution in [-0.4, -0.2) is 33.2 Å². The van der Waals surface area contributed by atoms with Gasteiger partial charge in [0.2, 0.25) is 5.92 Å². The number of alkyl halides is 2. The van der Waals surface area contributed by atoms with Gasteiger partial charge in [-0.1, -0.05) is 11.8 Å². The summed E-state index contributed by atoms with van der Waals surface area (Å²) in [5, 5.41) is 9.36. The second-order valence-corrected chi connectivity index (χ2v) is 4.70. The number of thioether (sulfide) groups is 1. The maximum atomic E-state index is 12.8. The Morgan fingerprint density at radius 2 is 2.24 bits per heavy atom. The van der Waals surface area contributed by atoms with Crippen molar-refractivity contribution in [2.75, 3.05) is 6.26 Å². The number of nitrogens with zero attached hydrogens (tertiary/aromatic N) is 2. The average Bonchev–Trinajstić information content (AvgIpc) is 2.24. The van der Waals surface area contributed by atoms with Crippen LogP contribution in [0.4, 0.5) is 8.78 Å². The Bertz CT molecular complexity index is 460. The number of aromatic nitrogens is 2. The number of carbonyl (C=O) groups is 1. The van der Waals surface area contributed by atoms with E-state index < -0.39 is 17.8 Å². The number of carboxylic acids is 1. The van der Waals surface area contributed by atoms with E-state index in [1.165, 1.54) is 18.0 Å². The van der Waals surface area contributed by atoms with Crippen LogP contribution in [0.3, 0.4) is 0 Å². The van der Waals surface area contributed by atoms with Crippen molar-refractivity contribution in [3.63, 3.8) is 0 Å². The highest BCUT2D eigenvalue weighted by Gasteiger charge is 2.47. The maximum Gasteiger partial charge on any atom is 0.339 e. The summed E-state index contributed by atoms with van der Waals surface area (Å²) in [6.07, 6.45) is 2.26. The monoisotopic (exact) mass is 260 g/mol. The van der Waals surface area contributed by atoms with Gasteiger partial charge < -0.3 is 5.11 Å². The number of carboxylic acid groups (broad SMARTS) is 1. The molecule has 1 saturated carbocycles. The van der Waals surface area contributed by atoms with Gasteiger partial charge in [0, 0.05) is 25.0 Å². The molecule has 4 nitrogen and oxygen atoms in total. The zero-order valence-corrected chi connectivity index (χ0v) is 9.80. The van der Waals surface area contributed by atoms with Crippen LogP contribution in [0.25, 0.3) is 0 Å². The van der Waals surface area contributed by atoms with E-state index in [0.717, 1.165) is 0 Å². The first-order valence-electron chi connectivity index (χ1n) is 4.95. The van der Waals surface area contributed by atoms with E-state index in [1.807, 2.05) is 0 Å². The number of rotatable bonds is 3. The molecule has 1 fully saturated rings. The second-order valence-electron chi connectivity index (χ2n) is 3.92. The molecule has 7 heteroatoms. The molecule has 92 valence electrons. The lowest BCUT2D eigenvalue weighted by atomic mass is 9.78. The van der Waals surface area contributed by atoms with Gasteiger partial charge in [-0.25, -0.2) is 23.5 Å². The summed E-state index contributed by atoms with van der Waals surface area (Å²) in [4.78, 5) is 18.8. The van der Waals surface area contributed by atoms with Gasteiger partial charge in [0.15, 0.2) is 5.16 Å². The van der Waals surface area contributed by atoms with E-state index in [2.05, 4.69) is 9.97 Å². The minimum Gasteiger partial charge on any atom is -0.478 e. The third-order valence-corrected chi connectivity index (χ3v) is 3.25. The summed E-state index contributed by atoms with van der Waals surface area (Å²) in [7, 11) is 0. The summed E-state index contributed by atoms with van der Waals surface area (Å²) in [5.74, 6) is -4.35. The van der Waals surface area contributed by atoms with Crippen LogP contribution < -0.4 is 0 Å². The van der Waals surface area contributed by atoms with E-state index in [9.17, 15) is 13.6 Å². The van der Waals surface area contributed by atoms with Gasteiger partial charge in [-0.2, -0.15) is 0 Å². The van der Waals surface area contributed by atoms with Crippen LogP contribution >= 0.6 is 11.8 Å². The minimum absolute atomic E-state index is 0.0803. The number of aromatic carboxylic acids is 1. The zero-order chi connectivity index (χ0) is 12.6. The first-order chi connectivity index (χ1) is 7.93. The molecule has 0 spiro atoms. The van der Waals surface area contributed by atoms with Gasteiger partial charge in [-0.3, -0.25) is 0 Å². The Morgan fingerprint density at radius 1 is 1.59 bits per heavy atom. The third kappa shape index (κ3) is 2.38. The van der Waals surface area contributed by atoms with Crippen LogP contribution in [0.2, 0.25) is 0 Å². The van der Waals surface area contributed by atoms with Crippen molar-refractivity contribution in [2.24, 2.45) is 0 Å². The van der Waals surface area contributed by atoms with Crippen LogP contribution in [0.5, 0.6) is 0 Å². The van der Waals surface area contributed by atoms with Crippen molar-refractivity contribution < 1.29 is 18.7 Å². The predicted octanol–water partition coefficient (Wildman–Crippen LogP) is 2.41. The van der Waals surface area contributed by atoms with Gasteiger partial charge >= 0.3 is 5.97 Å². The second kappa shape index (κ2) is 4.21. The first-order valence-corrected chi connectivity index (χ1v) is 6.17. The van der Waals surface area contributed by atoms with Crippen molar-refractivity contribution in [2.45, 2.75) is 29.8 Å². The highest BCUT2D eigenvalue weighted by atomic mass is 32.2. The first kappa shape index (κ1) is 12.2. The molecule has 17 heavy (non-hydrogen) atoms. The van der Waals surface area contributed by atoms with E-state index in [1.54, 1.807) is 6.26 Å². The van der Waals surface area contributed by atoms with Crippen molar-refractivity contribution in [1.82, 2.24) is 9.97 Å². The molecule has 0 bridgehead atoms. The smallest absolute Gasteiger partial charge is 0.339 e. The molecule has 0 aromatic carbocycles. The largest absolute Gasteiger partial charge is 0.478 e. The molecule has 1 aromatic rings. The highest BCUT2D eigenvalue weighted by Crippen LogP contribution is 2.48. The Morgan fingerprint density at radius 3 is 2.71 bits per heavy atom. The summed E-state index contributed by atoms with van der Waals surface area (Å²) in [6.45, 7) is 0. The molecule has 1 heterocycles. The van der Waals surface area contributed by atoms with Crippen LogP contribution in [-0.2, 0) is 0 Å². The SMILES string of the molecule is CSc1ncc(C(=O)O)c(C2CC(F)(F)C2)n1. The Hall–Kier alpha value is -1.24. The minimum atomic E-state index is -2.69. The fourth-order valence-corrected chi connectivity index (χ4v) is 2.15. The van der Waals surface area contributed by atoms with Crippen molar-refractivity contribution in [3.8, 4) is 0 Å². The van der Waals surface area contributed by atoms with Crippen LogP contribution in [0, 0.1) is 0 Å². The molecule has 0 amide bonds. The standard InChI is InChI=1S/C10H10F2N2O2S/c1-17-9-13-4-6(8(15)16)7(14-9)5-2-10(11,12)3-5/h4-5H,2-3H2,1H3,(H,15,16). The topological polar surface area (TPSA) is 63.1 Å². The normalized spacial score (nSPS) is 18.8. The van der Waals surface area contributed by atoms with Gasteiger partial charge in [0.05, 0.1) is 11.3 Å². The van der Waals surface area contributed by atoms with E-state index >= 15 is 0 Å². The molecule has 0 unspecified atom stereocenters. The molecule has 0 saturated heterocycles. The lowest BCUT2D eigenvalue weighted by Gasteiger charge is -2.34. The van der Waals surface area contributed by atoms with Crippen molar-refractivity contribution in [3.05, 3.63) is 17.5 Å². The van der Waals surface area contributed by atoms with Gasteiger partial charge in [0.25, 0.3) is 0 Å². The highest BCUT2D eigenvalue weighted by molar-refractivity contribution is 7.98. The van der Waals surface area contributed by atoms with Crippen molar-refractivity contribution in [1.29, 1.82) is 0 Å². The van der Waals surface area contributed by atoms with Gasteiger partial charge in [-0.05, 0) is 6.26 Å². The predicted molar refractivity (Wildman–Crippen MR) is 57.7 cm³/mol. The summed E-state index contributed by atoms with van der Waals surface area (Å²) < 4.78 is 25.6. The van der Waals surface area contributed by atoms with E-state index in [4.69, 9.17) is 5.11 Å². The number of hydrogen-bond donors (Lipinski definition) is 1. The van der Waals surface area contributed by atoms with Crippen molar-refractivity contribution >= 4 is 17.7 Å². The quantitative estimate of drug-likeness (QED) is 0.668. The molecule has 1 aliphatic rings. The molecule has 1 N–H and O–H groups in total. The van der Waals surface area contributed by atoms with Crippen LogP contribution in [0.1, 0.15) is 34.8 Å². The number of hydrogen-bond acceptors (Lipinski definition) is 4. The molecule has 0 radical (unpaired) electrons. The molecule has 0 atom stereocenters. The molecule has 1 aliphatic carbocycles. The lowest BCUT2D eigenvalue weighted by Crippen LogP contribution is -2.35. The van der Waals surface area contributed by atoms with Crippen LogP contribution in [0.15, 0.2) is 11.4 Å². The molecular weight excluding hydrogens is 250 g/mol. The average molecular weight is 260 g/mol. The summed E-state index contributed by atoms with van der Waals surface area (Å²) in [5.41, 5.74) is 0.145. The fourth-order valence-electron chi connectivity index (χ4n) is 1.81. The Balaban J connectivity index is 2.33. The maximum absolute atomic E-state index is 12.8.